The third-order valence-electron chi connectivity index (χ3n) is 3.72. The highest BCUT2D eigenvalue weighted by Gasteiger charge is 2.35. The average Bonchev–Trinajstić information content (AvgIpc) is 2.85. The zero-order chi connectivity index (χ0) is 13.4. The van der Waals surface area contributed by atoms with Crippen molar-refractivity contribution in [2.75, 3.05) is 11.4 Å². The molecule has 1 N–H and O–H groups in total. The first kappa shape index (κ1) is 12.0. The van der Waals surface area contributed by atoms with E-state index in [9.17, 15) is 9.90 Å². The molecule has 1 aliphatic rings. The van der Waals surface area contributed by atoms with E-state index < -0.39 is 12.0 Å². The molecule has 0 aliphatic carbocycles. The number of carboxylic acid groups (broad SMARTS) is 1. The van der Waals surface area contributed by atoms with Gasteiger partial charge in [-0.05, 0) is 24.8 Å². The number of fused-ring (bicyclic) bond motifs is 1. The quantitative estimate of drug-likeness (QED) is 0.884. The van der Waals surface area contributed by atoms with E-state index in [1.54, 1.807) is 10.7 Å². The molecule has 2 aromatic heterocycles. The Bertz CT molecular complexity index is 609. The Balaban J connectivity index is 2.00. The van der Waals surface area contributed by atoms with Crippen molar-refractivity contribution >= 4 is 17.4 Å². The molecule has 6 nitrogen and oxygen atoms in total. The van der Waals surface area contributed by atoms with Gasteiger partial charge in [-0.1, -0.05) is 6.92 Å². The van der Waals surface area contributed by atoms with Gasteiger partial charge in [0.25, 0.3) is 0 Å². The fourth-order valence-corrected chi connectivity index (χ4v) is 2.78. The zero-order valence-electron chi connectivity index (χ0n) is 10.7. The van der Waals surface area contributed by atoms with Crippen LogP contribution in [0.1, 0.15) is 19.8 Å². The highest BCUT2D eigenvalue weighted by molar-refractivity contribution is 5.78. The van der Waals surface area contributed by atoms with Gasteiger partial charge >= 0.3 is 5.97 Å². The van der Waals surface area contributed by atoms with Gasteiger partial charge in [0.2, 0.25) is 0 Å². The molecule has 1 fully saturated rings. The van der Waals surface area contributed by atoms with Crippen molar-refractivity contribution < 1.29 is 9.90 Å². The monoisotopic (exact) mass is 260 g/mol. The zero-order valence-corrected chi connectivity index (χ0v) is 10.7. The Kier molecular flexibility index (Phi) is 2.85. The molecule has 0 saturated carbocycles. The van der Waals surface area contributed by atoms with Gasteiger partial charge in [-0.3, -0.25) is 0 Å². The molecule has 3 rings (SSSR count). The number of hydrogen-bond acceptors (Lipinski definition) is 4. The fraction of sp³-hybridized carbons (Fsp3) is 0.462. The SMILES string of the molecule is CC1CCCN(c2ccn3nccc3n2)C1C(=O)O. The van der Waals surface area contributed by atoms with Crippen LogP contribution in [0.5, 0.6) is 0 Å². The number of carbonyl (C=O) groups is 1. The lowest BCUT2D eigenvalue weighted by Crippen LogP contribution is -2.49. The summed E-state index contributed by atoms with van der Waals surface area (Å²) in [7, 11) is 0. The molecular formula is C13H16N4O2. The number of carboxylic acids is 1. The van der Waals surface area contributed by atoms with Crippen LogP contribution in [-0.2, 0) is 4.79 Å². The van der Waals surface area contributed by atoms with Crippen molar-refractivity contribution in [1.29, 1.82) is 0 Å². The smallest absolute Gasteiger partial charge is 0.326 e. The molecule has 3 heterocycles. The highest BCUT2D eigenvalue weighted by atomic mass is 16.4. The molecular weight excluding hydrogens is 244 g/mol. The Morgan fingerprint density at radius 3 is 3.11 bits per heavy atom. The molecule has 100 valence electrons. The third kappa shape index (κ3) is 2.03. The van der Waals surface area contributed by atoms with E-state index in [1.165, 1.54) is 0 Å². The van der Waals surface area contributed by atoms with Crippen molar-refractivity contribution in [3.05, 3.63) is 24.5 Å². The molecule has 0 bridgehead atoms. The lowest BCUT2D eigenvalue weighted by molar-refractivity contribution is -0.140. The minimum atomic E-state index is -0.776. The molecule has 2 atom stereocenters. The summed E-state index contributed by atoms with van der Waals surface area (Å²) >= 11 is 0. The van der Waals surface area contributed by atoms with E-state index in [1.807, 2.05) is 30.2 Å². The molecule has 6 heteroatoms. The van der Waals surface area contributed by atoms with Crippen LogP contribution in [0.3, 0.4) is 0 Å². The van der Waals surface area contributed by atoms with Crippen LogP contribution in [0.2, 0.25) is 0 Å². The molecule has 1 aliphatic heterocycles. The summed E-state index contributed by atoms with van der Waals surface area (Å²) in [5, 5.41) is 13.5. The number of hydrogen-bond donors (Lipinski definition) is 1. The molecule has 2 unspecified atom stereocenters. The van der Waals surface area contributed by atoms with E-state index in [2.05, 4.69) is 10.1 Å². The molecule has 0 aromatic carbocycles. The van der Waals surface area contributed by atoms with E-state index in [0.717, 1.165) is 25.0 Å². The summed E-state index contributed by atoms with van der Waals surface area (Å²) in [6, 6.07) is 3.15. The number of aromatic nitrogens is 3. The Labute approximate surface area is 110 Å². The van der Waals surface area contributed by atoms with Gasteiger partial charge in [0.15, 0.2) is 5.65 Å². The van der Waals surface area contributed by atoms with Crippen molar-refractivity contribution in [2.45, 2.75) is 25.8 Å². The van der Waals surface area contributed by atoms with E-state index in [-0.39, 0.29) is 5.92 Å². The number of anilines is 1. The molecule has 19 heavy (non-hydrogen) atoms. The van der Waals surface area contributed by atoms with Crippen LogP contribution >= 0.6 is 0 Å². The summed E-state index contributed by atoms with van der Waals surface area (Å²) in [5.74, 6) is 0.0727. The van der Waals surface area contributed by atoms with Gasteiger partial charge < -0.3 is 10.0 Å². The largest absolute Gasteiger partial charge is 0.480 e. The van der Waals surface area contributed by atoms with Crippen LogP contribution < -0.4 is 4.90 Å². The maximum atomic E-state index is 11.5. The van der Waals surface area contributed by atoms with E-state index >= 15 is 0 Å². The standard InChI is InChI=1S/C13H16N4O2/c1-9-3-2-7-16(12(9)13(18)19)10-5-8-17-11(15-10)4-6-14-17/h4-6,8-9,12H,2-3,7H2,1H3,(H,18,19). The van der Waals surface area contributed by atoms with Gasteiger partial charge in [-0.25, -0.2) is 14.3 Å². The lowest BCUT2D eigenvalue weighted by atomic mass is 9.91. The third-order valence-corrected chi connectivity index (χ3v) is 3.72. The van der Waals surface area contributed by atoms with Gasteiger partial charge in [-0.2, -0.15) is 5.10 Å². The minimum absolute atomic E-state index is 0.134. The second-order valence-corrected chi connectivity index (χ2v) is 5.02. The molecule has 1 saturated heterocycles. The maximum Gasteiger partial charge on any atom is 0.326 e. The first-order valence-electron chi connectivity index (χ1n) is 6.46. The summed E-state index contributed by atoms with van der Waals surface area (Å²) in [5.41, 5.74) is 0.736. The van der Waals surface area contributed by atoms with Crippen LogP contribution in [0, 0.1) is 5.92 Å². The average molecular weight is 260 g/mol. The minimum Gasteiger partial charge on any atom is -0.480 e. The molecule has 2 aromatic rings. The van der Waals surface area contributed by atoms with Gasteiger partial charge in [0.1, 0.15) is 11.9 Å². The van der Waals surface area contributed by atoms with Crippen molar-refractivity contribution in [3.63, 3.8) is 0 Å². The Morgan fingerprint density at radius 1 is 1.47 bits per heavy atom. The second-order valence-electron chi connectivity index (χ2n) is 5.02. The van der Waals surface area contributed by atoms with Gasteiger partial charge in [-0.15, -0.1) is 0 Å². The lowest BCUT2D eigenvalue weighted by Gasteiger charge is -2.38. The van der Waals surface area contributed by atoms with Crippen LogP contribution in [-0.4, -0.2) is 38.3 Å². The van der Waals surface area contributed by atoms with Crippen LogP contribution in [0.4, 0.5) is 5.82 Å². The second kappa shape index (κ2) is 4.53. The Morgan fingerprint density at radius 2 is 2.32 bits per heavy atom. The fourth-order valence-electron chi connectivity index (χ4n) is 2.78. The maximum absolute atomic E-state index is 11.5. The molecule has 0 amide bonds. The summed E-state index contributed by atoms with van der Waals surface area (Å²) in [4.78, 5) is 17.9. The normalized spacial score (nSPS) is 23.7. The number of piperidine rings is 1. The predicted octanol–water partition coefficient (Wildman–Crippen LogP) is 1.42. The first-order chi connectivity index (χ1) is 9.16. The molecule has 0 radical (unpaired) electrons. The summed E-state index contributed by atoms with van der Waals surface area (Å²) in [6.45, 7) is 2.72. The summed E-state index contributed by atoms with van der Waals surface area (Å²) < 4.78 is 1.67. The predicted molar refractivity (Wildman–Crippen MR) is 70.2 cm³/mol. The van der Waals surface area contributed by atoms with Crippen LogP contribution in [0.25, 0.3) is 5.65 Å². The van der Waals surface area contributed by atoms with Gasteiger partial charge in [0, 0.05) is 18.8 Å². The first-order valence-corrected chi connectivity index (χ1v) is 6.46. The van der Waals surface area contributed by atoms with Gasteiger partial charge in [0.05, 0.1) is 6.20 Å². The van der Waals surface area contributed by atoms with Crippen molar-refractivity contribution in [1.82, 2.24) is 14.6 Å². The van der Waals surface area contributed by atoms with Crippen LogP contribution in [0.15, 0.2) is 24.5 Å². The Hall–Kier alpha value is -2.11. The number of nitrogens with zero attached hydrogens (tertiary/aromatic N) is 4. The van der Waals surface area contributed by atoms with E-state index in [0.29, 0.717) is 5.82 Å². The topological polar surface area (TPSA) is 70.7 Å². The van der Waals surface area contributed by atoms with E-state index in [4.69, 9.17) is 0 Å². The number of aliphatic carboxylic acids is 1. The number of rotatable bonds is 2. The van der Waals surface area contributed by atoms with Crippen molar-refractivity contribution in [2.24, 2.45) is 5.92 Å². The summed E-state index contributed by atoms with van der Waals surface area (Å²) in [6.07, 6.45) is 5.44. The van der Waals surface area contributed by atoms with Crippen molar-refractivity contribution in [3.8, 4) is 0 Å². The molecule has 0 spiro atoms. The highest BCUT2D eigenvalue weighted by Crippen LogP contribution is 2.27.